The first-order valence-corrected chi connectivity index (χ1v) is 6.16. The molecule has 0 atom stereocenters. The molecule has 4 heteroatoms. The molecule has 0 saturated heterocycles. The fraction of sp³-hybridized carbons (Fsp3) is 0.308. The van der Waals surface area contributed by atoms with Gasteiger partial charge in [0, 0.05) is 22.8 Å². The van der Waals surface area contributed by atoms with E-state index in [4.69, 9.17) is 5.26 Å². The van der Waals surface area contributed by atoms with Gasteiger partial charge in [-0.05, 0) is 17.5 Å². The number of nitriles is 1. The van der Waals surface area contributed by atoms with Crippen LogP contribution < -0.4 is 0 Å². The number of aromatic nitrogens is 2. The largest absolute Gasteiger partial charge is 0.264 e. The highest BCUT2D eigenvalue weighted by Crippen LogP contribution is 2.35. The summed E-state index contributed by atoms with van der Waals surface area (Å²) < 4.78 is 0. The van der Waals surface area contributed by atoms with Crippen LogP contribution in [-0.2, 0) is 5.41 Å². The Hall–Kier alpha value is -1.73. The van der Waals surface area contributed by atoms with E-state index < -0.39 is 0 Å². The fourth-order valence-electron chi connectivity index (χ4n) is 1.52. The summed E-state index contributed by atoms with van der Waals surface area (Å²) in [6.45, 7) is 6.27. The lowest BCUT2D eigenvalue weighted by molar-refractivity contribution is 0.600. The smallest absolute Gasteiger partial charge is 0.155 e. The molecule has 2 aromatic rings. The molecule has 2 heterocycles. The van der Waals surface area contributed by atoms with Crippen molar-refractivity contribution in [3.8, 4) is 16.6 Å². The van der Waals surface area contributed by atoms with Crippen molar-refractivity contribution in [3.05, 3.63) is 35.1 Å². The molecule has 0 spiro atoms. The van der Waals surface area contributed by atoms with E-state index in [0.29, 0.717) is 5.69 Å². The number of pyridine rings is 1. The lowest BCUT2D eigenvalue weighted by Gasteiger charge is -2.15. The third-order valence-corrected chi connectivity index (χ3v) is 3.85. The van der Waals surface area contributed by atoms with Gasteiger partial charge in [-0.2, -0.15) is 5.26 Å². The maximum absolute atomic E-state index is 9.12. The minimum absolute atomic E-state index is 0.0524. The number of nitrogens with zero attached hydrogens (tertiary/aromatic N) is 3. The zero-order valence-electron chi connectivity index (χ0n) is 10.1. The summed E-state index contributed by atoms with van der Waals surface area (Å²) in [5, 5.41) is 9.98. The Morgan fingerprint density at radius 2 is 2.12 bits per heavy atom. The molecule has 2 aromatic heterocycles. The second kappa shape index (κ2) is 4.27. The van der Waals surface area contributed by atoms with Crippen molar-refractivity contribution in [2.24, 2.45) is 0 Å². The molecule has 0 aromatic carbocycles. The van der Waals surface area contributed by atoms with Crippen LogP contribution in [0.25, 0.3) is 10.6 Å². The van der Waals surface area contributed by atoms with Crippen molar-refractivity contribution in [1.82, 2.24) is 9.97 Å². The van der Waals surface area contributed by atoms with Crippen LogP contribution in [-0.4, -0.2) is 9.97 Å². The van der Waals surface area contributed by atoms with E-state index in [1.807, 2.05) is 12.1 Å². The predicted octanol–water partition coefficient (Wildman–Crippen LogP) is 3.37. The van der Waals surface area contributed by atoms with Crippen LogP contribution >= 0.6 is 11.3 Å². The van der Waals surface area contributed by atoms with E-state index in [0.717, 1.165) is 15.4 Å². The Morgan fingerprint density at radius 1 is 1.35 bits per heavy atom. The van der Waals surface area contributed by atoms with Crippen LogP contribution in [0.1, 0.15) is 31.3 Å². The summed E-state index contributed by atoms with van der Waals surface area (Å²) in [6.07, 6.45) is 3.50. The molecule has 0 aliphatic rings. The molecule has 3 nitrogen and oxygen atoms in total. The zero-order chi connectivity index (χ0) is 12.5. The van der Waals surface area contributed by atoms with Gasteiger partial charge in [-0.3, -0.25) is 4.98 Å². The van der Waals surface area contributed by atoms with Gasteiger partial charge >= 0.3 is 0 Å². The summed E-state index contributed by atoms with van der Waals surface area (Å²) in [5.41, 5.74) is 1.44. The van der Waals surface area contributed by atoms with Crippen molar-refractivity contribution < 1.29 is 0 Å². The number of hydrogen-bond acceptors (Lipinski definition) is 4. The Morgan fingerprint density at radius 3 is 2.59 bits per heavy atom. The molecule has 0 N–H and O–H groups in total. The van der Waals surface area contributed by atoms with E-state index in [1.54, 1.807) is 23.7 Å². The Labute approximate surface area is 105 Å². The van der Waals surface area contributed by atoms with Crippen molar-refractivity contribution >= 4 is 11.3 Å². The lowest BCUT2D eigenvalue weighted by atomic mass is 9.93. The quantitative estimate of drug-likeness (QED) is 0.771. The minimum Gasteiger partial charge on any atom is -0.264 e. The monoisotopic (exact) mass is 243 g/mol. The fourth-order valence-corrected chi connectivity index (χ4v) is 2.58. The van der Waals surface area contributed by atoms with Crippen LogP contribution in [0.5, 0.6) is 0 Å². The summed E-state index contributed by atoms with van der Waals surface area (Å²) >= 11 is 1.57. The normalized spacial score (nSPS) is 11.2. The molecule has 2 rings (SSSR count). The summed E-state index contributed by atoms with van der Waals surface area (Å²) in [4.78, 5) is 9.48. The molecule has 0 amide bonds. The molecule has 0 aliphatic carbocycles. The molecular formula is C13H13N3S. The van der Waals surface area contributed by atoms with Gasteiger partial charge in [-0.1, -0.05) is 20.8 Å². The summed E-state index contributed by atoms with van der Waals surface area (Å²) in [7, 11) is 0. The molecule has 0 bridgehead atoms. The third-order valence-electron chi connectivity index (χ3n) is 2.32. The van der Waals surface area contributed by atoms with Crippen molar-refractivity contribution in [1.29, 1.82) is 5.26 Å². The second-order valence-electron chi connectivity index (χ2n) is 4.80. The van der Waals surface area contributed by atoms with E-state index in [2.05, 4.69) is 36.8 Å². The molecule has 17 heavy (non-hydrogen) atoms. The first-order chi connectivity index (χ1) is 8.02. The van der Waals surface area contributed by atoms with Crippen LogP contribution in [0.4, 0.5) is 0 Å². The summed E-state index contributed by atoms with van der Waals surface area (Å²) in [5.74, 6) is 0. The molecule has 86 valence electrons. The molecule has 0 unspecified atom stereocenters. The number of hydrogen-bond donors (Lipinski definition) is 0. The predicted molar refractivity (Wildman–Crippen MR) is 68.8 cm³/mol. The van der Waals surface area contributed by atoms with Crippen molar-refractivity contribution in [2.45, 2.75) is 26.2 Å². The van der Waals surface area contributed by atoms with E-state index in [1.165, 1.54) is 0 Å². The zero-order valence-corrected chi connectivity index (χ0v) is 10.9. The van der Waals surface area contributed by atoms with Crippen LogP contribution in [0.15, 0.2) is 24.5 Å². The van der Waals surface area contributed by atoms with Gasteiger partial charge in [0.15, 0.2) is 5.69 Å². The number of thiazole rings is 1. The Balaban J connectivity index is 2.54. The van der Waals surface area contributed by atoms with Gasteiger partial charge in [-0.15, -0.1) is 11.3 Å². The average Bonchev–Trinajstić information content (AvgIpc) is 2.74. The average molecular weight is 243 g/mol. The molecule has 0 aliphatic heterocycles. The third kappa shape index (κ3) is 2.34. The van der Waals surface area contributed by atoms with Gasteiger partial charge in [-0.25, -0.2) is 4.98 Å². The van der Waals surface area contributed by atoms with Gasteiger partial charge in [0.1, 0.15) is 11.1 Å². The van der Waals surface area contributed by atoms with Crippen LogP contribution in [0, 0.1) is 11.3 Å². The van der Waals surface area contributed by atoms with Gasteiger partial charge in [0.05, 0.1) is 0 Å². The van der Waals surface area contributed by atoms with Crippen LogP contribution in [0.3, 0.4) is 0 Å². The maximum atomic E-state index is 9.12. The molecule has 0 fully saturated rings. The lowest BCUT2D eigenvalue weighted by Crippen LogP contribution is -2.10. The molecular weight excluding hydrogens is 230 g/mol. The van der Waals surface area contributed by atoms with Gasteiger partial charge in [0.25, 0.3) is 0 Å². The SMILES string of the molecule is CC(C)(C)c1sc(-c2cccnc2)nc1C#N. The highest BCUT2D eigenvalue weighted by atomic mass is 32.1. The van der Waals surface area contributed by atoms with Crippen molar-refractivity contribution in [2.75, 3.05) is 0 Å². The van der Waals surface area contributed by atoms with Gasteiger partial charge < -0.3 is 0 Å². The molecule has 0 radical (unpaired) electrons. The standard InChI is InChI=1S/C13H13N3S/c1-13(2,3)11-10(7-14)16-12(17-11)9-5-4-6-15-8-9/h4-6,8H,1-3H3. The van der Waals surface area contributed by atoms with Crippen molar-refractivity contribution in [3.63, 3.8) is 0 Å². The highest BCUT2D eigenvalue weighted by Gasteiger charge is 2.23. The highest BCUT2D eigenvalue weighted by molar-refractivity contribution is 7.15. The number of rotatable bonds is 1. The van der Waals surface area contributed by atoms with Gasteiger partial charge in [0.2, 0.25) is 0 Å². The van der Waals surface area contributed by atoms with E-state index in [9.17, 15) is 0 Å². The summed E-state index contributed by atoms with van der Waals surface area (Å²) in [6, 6.07) is 6.00. The first-order valence-electron chi connectivity index (χ1n) is 5.34. The topological polar surface area (TPSA) is 49.6 Å². The maximum Gasteiger partial charge on any atom is 0.155 e. The first kappa shape index (κ1) is 11.7. The van der Waals surface area contributed by atoms with Crippen LogP contribution in [0.2, 0.25) is 0 Å². The minimum atomic E-state index is -0.0524. The second-order valence-corrected chi connectivity index (χ2v) is 5.80. The molecule has 0 saturated carbocycles. The Kier molecular flexibility index (Phi) is 2.95. The van der Waals surface area contributed by atoms with E-state index in [-0.39, 0.29) is 5.41 Å². The van der Waals surface area contributed by atoms with E-state index >= 15 is 0 Å². The Bertz CT molecular complexity index is 559.